The van der Waals surface area contributed by atoms with Gasteiger partial charge in [0, 0.05) is 0 Å². The van der Waals surface area contributed by atoms with Crippen molar-refractivity contribution in [1.29, 1.82) is 0 Å². The summed E-state index contributed by atoms with van der Waals surface area (Å²) >= 11 is 6.17. The van der Waals surface area contributed by atoms with Crippen LogP contribution in [0.3, 0.4) is 0 Å². The van der Waals surface area contributed by atoms with Gasteiger partial charge in [-0.25, -0.2) is 4.68 Å². The molecule has 8 heteroatoms. The molecule has 0 aliphatic carbocycles. The lowest BCUT2D eigenvalue weighted by Crippen LogP contribution is -2.08. The zero-order chi connectivity index (χ0) is 22.7. The van der Waals surface area contributed by atoms with Gasteiger partial charge in [0.15, 0.2) is 5.69 Å². The van der Waals surface area contributed by atoms with Gasteiger partial charge in [0.2, 0.25) is 0 Å². The molecule has 0 radical (unpaired) electrons. The molecule has 0 spiro atoms. The first-order valence-electron chi connectivity index (χ1n) is 9.69. The normalized spacial score (nSPS) is 11.5. The largest absolute Gasteiger partial charge is 0.487 e. The SMILES string of the molecule is OCc1ccc(-c2ccc(OCc3cc(C(F)(F)F)nn3-c3ccccc3Cl)cc2)cc1. The summed E-state index contributed by atoms with van der Waals surface area (Å²) < 4.78 is 46.6. The maximum absolute atomic E-state index is 13.3. The Balaban J connectivity index is 1.55. The highest BCUT2D eigenvalue weighted by atomic mass is 35.5. The molecule has 0 saturated carbocycles. The fourth-order valence-corrected chi connectivity index (χ4v) is 3.41. The minimum Gasteiger partial charge on any atom is -0.487 e. The predicted molar refractivity (Wildman–Crippen MR) is 116 cm³/mol. The second-order valence-corrected chi connectivity index (χ2v) is 7.46. The Kier molecular flexibility index (Phi) is 6.21. The van der Waals surface area contributed by atoms with Crippen LogP contribution in [0.15, 0.2) is 78.9 Å². The van der Waals surface area contributed by atoms with Gasteiger partial charge in [0.25, 0.3) is 0 Å². The zero-order valence-electron chi connectivity index (χ0n) is 16.7. The average molecular weight is 459 g/mol. The lowest BCUT2D eigenvalue weighted by molar-refractivity contribution is -0.141. The van der Waals surface area contributed by atoms with Crippen molar-refractivity contribution in [3.05, 3.63) is 101 Å². The Morgan fingerprint density at radius 1 is 0.906 bits per heavy atom. The van der Waals surface area contributed by atoms with E-state index >= 15 is 0 Å². The summed E-state index contributed by atoms with van der Waals surface area (Å²) in [6, 6.07) is 22.2. The van der Waals surface area contributed by atoms with Crippen molar-refractivity contribution in [2.24, 2.45) is 0 Å². The van der Waals surface area contributed by atoms with Crippen molar-refractivity contribution < 1.29 is 23.0 Å². The maximum Gasteiger partial charge on any atom is 0.435 e. The number of para-hydroxylation sites is 1. The van der Waals surface area contributed by atoms with E-state index in [0.717, 1.165) is 27.4 Å². The van der Waals surface area contributed by atoms with E-state index in [4.69, 9.17) is 21.4 Å². The van der Waals surface area contributed by atoms with Crippen molar-refractivity contribution in [1.82, 2.24) is 9.78 Å². The molecule has 1 heterocycles. The molecule has 0 unspecified atom stereocenters. The van der Waals surface area contributed by atoms with Crippen LogP contribution < -0.4 is 4.74 Å². The van der Waals surface area contributed by atoms with Gasteiger partial charge in [-0.1, -0.05) is 60.1 Å². The van der Waals surface area contributed by atoms with Gasteiger partial charge >= 0.3 is 6.18 Å². The van der Waals surface area contributed by atoms with Crippen molar-refractivity contribution in [2.45, 2.75) is 19.4 Å². The Morgan fingerprint density at radius 2 is 1.53 bits per heavy atom. The van der Waals surface area contributed by atoms with Crippen LogP contribution in [0.2, 0.25) is 5.02 Å². The molecule has 32 heavy (non-hydrogen) atoms. The second-order valence-electron chi connectivity index (χ2n) is 7.05. The van der Waals surface area contributed by atoms with E-state index in [1.54, 1.807) is 36.4 Å². The summed E-state index contributed by atoms with van der Waals surface area (Å²) in [5.41, 5.74) is 2.28. The Bertz CT molecular complexity index is 1200. The first-order chi connectivity index (χ1) is 15.3. The quantitative estimate of drug-likeness (QED) is 0.370. The number of aromatic nitrogens is 2. The van der Waals surface area contributed by atoms with Crippen molar-refractivity contribution in [2.75, 3.05) is 0 Å². The molecular weight excluding hydrogens is 441 g/mol. The molecule has 4 aromatic rings. The molecule has 0 bridgehead atoms. The molecule has 0 fully saturated rings. The van der Waals surface area contributed by atoms with Gasteiger partial charge in [-0.2, -0.15) is 18.3 Å². The van der Waals surface area contributed by atoms with Crippen LogP contribution in [0.1, 0.15) is 17.0 Å². The molecule has 3 aromatic carbocycles. The number of hydrogen-bond donors (Lipinski definition) is 1. The third-order valence-electron chi connectivity index (χ3n) is 4.87. The van der Waals surface area contributed by atoms with Crippen LogP contribution >= 0.6 is 11.6 Å². The Labute approximate surface area is 187 Å². The lowest BCUT2D eigenvalue weighted by atomic mass is 10.0. The molecule has 4 rings (SSSR count). The molecule has 1 N–H and O–H groups in total. The van der Waals surface area contributed by atoms with E-state index in [-0.39, 0.29) is 23.9 Å². The highest BCUT2D eigenvalue weighted by molar-refractivity contribution is 6.32. The minimum absolute atomic E-state index is 0.0200. The van der Waals surface area contributed by atoms with E-state index < -0.39 is 11.9 Å². The summed E-state index contributed by atoms with van der Waals surface area (Å²) in [5, 5.41) is 13.1. The van der Waals surface area contributed by atoms with Crippen LogP contribution in [-0.4, -0.2) is 14.9 Å². The summed E-state index contributed by atoms with van der Waals surface area (Å²) in [4.78, 5) is 0. The number of benzene rings is 3. The average Bonchev–Trinajstić information content (AvgIpc) is 3.23. The van der Waals surface area contributed by atoms with Gasteiger partial charge in [-0.15, -0.1) is 0 Å². The first kappa shape index (κ1) is 21.9. The summed E-state index contributed by atoms with van der Waals surface area (Å²) in [6.07, 6.45) is -4.59. The number of nitrogens with zero attached hydrogens (tertiary/aromatic N) is 2. The Hall–Kier alpha value is -3.29. The fourth-order valence-electron chi connectivity index (χ4n) is 3.20. The monoisotopic (exact) mass is 458 g/mol. The lowest BCUT2D eigenvalue weighted by Gasteiger charge is -2.11. The van der Waals surface area contributed by atoms with Crippen LogP contribution in [0, 0.1) is 0 Å². The maximum atomic E-state index is 13.3. The number of aliphatic hydroxyl groups is 1. The zero-order valence-corrected chi connectivity index (χ0v) is 17.4. The molecule has 1 aromatic heterocycles. The highest BCUT2D eigenvalue weighted by Crippen LogP contribution is 2.31. The number of halogens is 4. The number of aliphatic hydroxyl groups excluding tert-OH is 1. The van der Waals surface area contributed by atoms with Gasteiger partial charge in [0.05, 0.1) is 23.0 Å². The topological polar surface area (TPSA) is 47.3 Å². The van der Waals surface area contributed by atoms with E-state index in [2.05, 4.69) is 5.10 Å². The minimum atomic E-state index is -4.59. The summed E-state index contributed by atoms with van der Waals surface area (Å²) in [5.74, 6) is 0.501. The molecule has 4 nitrogen and oxygen atoms in total. The van der Waals surface area contributed by atoms with E-state index in [0.29, 0.717) is 11.4 Å². The van der Waals surface area contributed by atoms with E-state index in [1.165, 1.54) is 0 Å². The fraction of sp³-hybridized carbons (Fsp3) is 0.125. The van der Waals surface area contributed by atoms with Crippen molar-refractivity contribution >= 4 is 11.6 Å². The predicted octanol–water partition coefficient (Wildman–Crippen LogP) is 6.28. The number of hydrogen-bond acceptors (Lipinski definition) is 3. The molecular formula is C24H18ClF3N2O2. The van der Waals surface area contributed by atoms with E-state index in [1.807, 2.05) is 36.4 Å². The molecule has 164 valence electrons. The Morgan fingerprint density at radius 3 is 2.12 bits per heavy atom. The van der Waals surface area contributed by atoms with Crippen molar-refractivity contribution in [3.63, 3.8) is 0 Å². The molecule has 0 aliphatic rings. The smallest absolute Gasteiger partial charge is 0.435 e. The van der Waals surface area contributed by atoms with E-state index in [9.17, 15) is 13.2 Å². The second kappa shape index (κ2) is 9.06. The molecule has 0 aliphatic heterocycles. The van der Waals surface area contributed by atoms with Gasteiger partial charge in [0.1, 0.15) is 12.4 Å². The van der Waals surface area contributed by atoms with Crippen molar-refractivity contribution in [3.8, 4) is 22.6 Å². The van der Waals surface area contributed by atoms with Crippen LogP contribution in [0.25, 0.3) is 16.8 Å². The third kappa shape index (κ3) is 4.79. The van der Waals surface area contributed by atoms with Gasteiger partial charge < -0.3 is 9.84 Å². The molecule has 0 saturated heterocycles. The van der Waals surface area contributed by atoms with Gasteiger partial charge in [-0.3, -0.25) is 0 Å². The summed E-state index contributed by atoms with van der Waals surface area (Å²) in [6.45, 7) is -0.146. The molecule has 0 atom stereocenters. The number of alkyl halides is 3. The first-order valence-corrected chi connectivity index (χ1v) is 10.1. The van der Waals surface area contributed by atoms with Gasteiger partial charge in [-0.05, 0) is 47.0 Å². The molecule has 0 amide bonds. The number of ether oxygens (including phenoxy) is 1. The number of rotatable bonds is 6. The summed E-state index contributed by atoms with van der Waals surface area (Å²) in [7, 11) is 0. The van der Waals surface area contributed by atoms with Crippen LogP contribution in [-0.2, 0) is 19.4 Å². The third-order valence-corrected chi connectivity index (χ3v) is 5.18. The van der Waals surface area contributed by atoms with Crippen LogP contribution in [0.4, 0.5) is 13.2 Å². The standard InChI is InChI=1S/C24H18ClF3N2O2/c25-21-3-1-2-4-22(21)30-19(13-23(29-30)24(26,27)28)15-32-20-11-9-18(10-12-20)17-7-5-16(14-31)6-8-17/h1-13,31H,14-15H2. The highest BCUT2D eigenvalue weighted by Gasteiger charge is 2.35. The van der Waals surface area contributed by atoms with Crippen LogP contribution in [0.5, 0.6) is 5.75 Å².